The van der Waals surface area contributed by atoms with Gasteiger partial charge in [-0.25, -0.2) is 0 Å². The van der Waals surface area contributed by atoms with Gasteiger partial charge in [0, 0.05) is 23.4 Å². The highest BCUT2D eigenvalue weighted by molar-refractivity contribution is 6.32. The number of carbonyl (C=O) groups excluding carboxylic acids is 1. The standard InChI is InChI=1S/C24H25ClN4O2/c1-15-22(19-9-10-20(12-26)21(25)11-19)16(2)29(28-15)13-17-5-7-18(8-6-17)23(30)27-14-24(3,4)31/h5-11,31H,13-14H2,1-4H3,(H,27,30). The molecule has 0 atom stereocenters. The Morgan fingerprint density at radius 3 is 2.48 bits per heavy atom. The van der Waals surface area contributed by atoms with E-state index in [1.165, 1.54) is 0 Å². The Kier molecular flexibility index (Phi) is 6.49. The monoisotopic (exact) mass is 436 g/mol. The Hall–Kier alpha value is -3.14. The quantitative estimate of drug-likeness (QED) is 0.604. The van der Waals surface area contributed by atoms with Crippen LogP contribution in [0.25, 0.3) is 11.1 Å². The number of hydrogen-bond acceptors (Lipinski definition) is 4. The summed E-state index contributed by atoms with van der Waals surface area (Å²) >= 11 is 6.21. The van der Waals surface area contributed by atoms with Gasteiger partial charge in [-0.15, -0.1) is 0 Å². The summed E-state index contributed by atoms with van der Waals surface area (Å²) in [5, 5.41) is 26.7. The zero-order chi connectivity index (χ0) is 22.8. The lowest BCUT2D eigenvalue weighted by Crippen LogP contribution is -2.38. The van der Waals surface area contributed by atoms with E-state index in [1.807, 2.05) is 36.7 Å². The van der Waals surface area contributed by atoms with Gasteiger partial charge >= 0.3 is 0 Å². The zero-order valence-corrected chi connectivity index (χ0v) is 18.8. The summed E-state index contributed by atoms with van der Waals surface area (Å²) in [5.74, 6) is -0.222. The van der Waals surface area contributed by atoms with Crippen molar-refractivity contribution in [2.75, 3.05) is 6.54 Å². The SMILES string of the molecule is Cc1nn(Cc2ccc(C(=O)NCC(C)(C)O)cc2)c(C)c1-c1ccc(C#N)c(Cl)c1. The third-order valence-electron chi connectivity index (χ3n) is 4.99. The maximum absolute atomic E-state index is 12.2. The second kappa shape index (κ2) is 8.93. The highest BCUT2D eigenvalue weighted by atomic mass is 35.5. The van der Waals surface area contributed by atoms with Crippen LogP contribution in [0.5, 0.6) is 0 Å². The smallest absolute Gasteiger partial charge is 0.251 e. The number of aryl methyl sites for hydroxylation is 1. The third-order valence-corrected chi connectivity index (χ3v) is 5.30. The molecule has 0 aliphatic carbocycles. The zero-order valence-electron chi connectivity index (χ0n) is 18.0. The molecule has 0 aliphatic heterocycles. The van der Waals surface area contributed by atoms with E-state index in [1.54, 1.807) is 38.1 Å². The highest BCUT2D eigenvalue weighted by Crippen LogP contribution is 2.30. The first-order chi connectivity index (χ1) is 14.6. The van der Waals surface area contributed by atoms with Crippen molar-refractivity contribution in [1.29, 1.82) is 5.26 Å². The predicted octanol–water partition coefficient (Wildman–Crippen LogP) is 4.24. The number of carbonyl (C=O) groups is 1. The molecule has 7 heteroatoms. The molecule has 0 bridgehead atoms. The fourth-order valence-corrected chi connectivity index (χ4v) is 3.59. The largest absolute Gasteiger partial charge is 0.389 e. The molecule has 0 unspecified atom stereocenters. The summed E-state index contributed by atoms with van der Waals surface area (Å²) in [7, 11) is 0. The van der Waals surface area contributed by atoms with E-state index in [-0.39, 0.29) is 12.5 Å². The number of aromatic nitrogens is 2. The second-order valence-corrected chi connectivity index (χ2v) is 8.61. The summed E-state index contributed by atoms with van der Waals surface area (Å²) in [4.78, 5) is 12.2. The number of amides is 1. The molecule has 0 saturated heterocycles. The van der Waals surface area contributed by atoms with Gasteiger partial charge < -0.3 is 10.4 Å². The van der Waals surface area contributed by atoms with E-state index in [0.29, 0.717) is 22.7 Å². The average Bonchev–Trinajstić information content (AvgIpc) is 2.99. The average molecular weight is 437 g/mol. The number of benzene rings is 2. The minimum absolute atomic E-state index is 0.182. The molecule has 3 aromatic rings. The van der Waals surface area contributed by atoms with E-state index < -0.39 is 5.60 Å². The fourth-order valence-electron chi connectivity index (χ4n) is 3.36. The van der Waals surface area contributed by atoms with Crippen LogP contribution < -0.4 is 5.32 Å². The first kappa shape index (κ1) is 22.5. The number of nitrogens with zero attached hydrogens (tertiary/aromatic N) is 3. The second-order valence-electron chi connectivity index (χ2n) is 8.20. The molecule has 0 spiro atoms. The lowest BCUT2D eigenvalue weighted by Gasteiger charge is -2.17. The first-order valence-electron chi connectivity index (χ1n) is 9.92. The Morgan fingerprint density at radius 1 is 1.23 bits per heavy atom. The molecule has 6 nitrogen and oxygen atoms in total. The molecule has 31 heavy (non-hydrogen) atoms. The fraction of sp³-hybridized carbons (Fsp3) is 0.292. The van der Waals surface area contributed by atoms with Gasteiger partial charge in [-0.3, -0.25) is 9.48 Å². The third kappa shape index (κ3) is 5.32. The number of nitrogens with one attached hydrogen (secondary N) is 1. The van der Waals surface area contributed by atoms with Crippen molar-refractivity contribution >= 4 is 17.5 Å². The van der Waals surface area contributed by atoms with Crippen molar-refractivity contribution in [2.45, 2.75) is 39.8 Å². The van der Waals surface area contributed by atoms with Gasteiger partial charge in [-0.05, 0) is 63.1 Å². The van der Waals surface area contributed by atoms with Gasteiger partial charge in [0.25, 0.3) is 5.91 Å². The Labute approximate surface area is 187 Å². The van der Waals surface area contributed by atoms with E-state index >= 15 is 0 Å². The van der Waals surface area contributed by atoms with Crippen LogP contribution >= 0.6 is 11.6 Å². The molecular weight excluding hydrogens is 412 g/mol. The Morgan fingerprint density at radius 2 is 1.90 bits per heavy atom. The molecule has 3 rings (SSSR count). The highest BCUT2D eigenvalue weighted by Gasteiger charge is 2.16. The topological polar surface area (TPSA) is 90.9 Å². The minimum atomic E-state index is -0.956. The number of halogens is 1. The van der Waals surface area contributed by atoms with Gasteiger partial charge in [0.2, 0.25) is 0 Å². The molecule has 0 fully saturated rings. The molecule has 1 aromatic heterocycles. The molecule has 2 aromatic carbocycles. The lowest BCUT2D eigenvalue weighted by molar-refractivity contribution is 0.0694. The molecule has 0 saturated carbocycles. The van der Waals surface area contributed by atoms with Crippen LogP contribution in [-0.2, 0) is 6.54 Å². The Bertz CT molecular complexity index is 1150. The van der Waals surface area contributed by atoms with Crippen molar-refractivity contribution in [3.05, 3.63) is 75.6 Å². The van der Waals surface area contributed by atoms with E-state index in [9.17, 15) is 9.90 Å². The first-order valence-corrected chi connectivity index (χ1v) is 10.3. The summed E-state index contributed by atoms with van der Waals surface area (Å²) in [6.45, 7) is 7.97. The van der Waals surface area contributed by atoms with Crippen LogP contribution in [0.2, 0.25) is 5.02 Å². The van der Waals surface area contributed by atoms with Crippen LogP contribution in [0.4, 0.5) is 0 Å². The van der Waals surface area contributed by atoms with E-state index in [2.05, 4.69) is 16.5 Å². The van der Waals surface area contributed by atoms with Crippen LogP contribution in [0.1, 0.15) is 46.7 Å². The van der Waals surface area contributed by atoms with Crippen LogP contribution in [0.15, 0.2) is 42.5 Å². The molecular formula is C24H25ClN4O2. The summed E-state index contributed by atoms with van der Waals surface area (Å²) in [5.41, 5.74) is 4.81. The maximum atomic E-state index is 12.2. The van der Waals surface area contributed by atoms with Crippen molar-refractivity contribution in [3.8, 4) is 17.2 Å². The molecule has 0 aliphatic rings. The molecule has 1 heterocycles. The lowest BCUT2D eigenvalue weighted by atomic mass is 10.0. The summed E-state index contributed by atoms with van der Waals surface area (Å²) in [6, 6.07) is 14.8. The van der Waals surface area contributed by atoms with Gasteiger partial charge in [-0.1, -0.05) is 29.8 Å². The van der Waals surface area contributed by atoms with E-state index in [0.717, 1.165) is 28.1 Å². The van der Waals surface area contributed by atoms with Crippen LogP contribution in [0.3, 0.4) is 0 Å². The van der Waals surface area contributed by atoms with Crippen LogP contribution in [0, 0.1) is 25.2 Å². The maximum Gasteiger partial charge on any atom is 0.251 e. The number of aliphatic hydroxyl groups is 1. The van der Waals surface area contributed by atoms with Crippen molar-refractivity contribution in [2.24, 2.45) is 0 Å². The summed E-state index contributed by atoms with van der Waals surface area (Å²) < 4.78 is 1.92. The number of rotatable bonds is 6. The normalized spacial score (nSPS) is 11.3. The molecule has 1 amide bonds. The number of nitriles is 1. The van der Waals surface area contributed by atoms with Crippen LogP contribution in [-0.4, -0.2) is 32.9 Å². The molecule has 2 N–H and O–H groups in total. The minimum Gasteiger partial charge on any atom is -0.389 e. The Balaban J connectivity index is 1.78. The van der Waals surface area contributed by atoms with E-state index in [4.69, 9.17) is 16.9 Å². The molecule has 160 valence electrons. The van der Waals surface area contributed by atoms with Gasteiger partial charge in [0.05, 0.1) is 28.4 Å². The summed E-state index contributed by atoms with van der Waals surface area (Å²) in [6.07, 6.45) is 0. The van der Waals surface area contributed by atoms with Gasteiger partial charge in [0.1, 0.15) is 6.07 Å². The van der Waals surface area contributed by atoms with Crippen molar-refractivity contribution in [1.82, 2.24) is 15.1 Å². The van der Waals surface area contributed by atoms with Crippen molar-refractivity contribution < 1.29 is 9.90 Å². The predicted molar refractivity (Wildman–Crippen MR) is 121 cm³/mol. The van der Waals surface area contributed by atoms with Gasteiger partial charge in [-0.2, -0.15) is 10.4 Å². The van der Waals surface area contributed by atoms with Gasteiger partial charge in [0.15, 0.2) is 0 Å². The molecule has 0 radical (unpaired) electrons. The van der Waals surface area contributed by atoms with Crippen molar-refractivity contribution in [3.63, 3.8) is 0 Å². The number of hydrogen-bond donors (Lipinski definition) is 2.